The fraction of sp³-hybridized carbons (Fsp3) is 0.545. The van der Waals surface area contributed by atoms with Crippen LogP contribution in [0.3, 0.4) is 0 Å². The highest BCUT2D eigenvalue weighted by atomic mass is 16.5. The molecule has 6 heteroatoms. The maximum absolute atomic E-state index is 11.2. The zero-order valence-corrected chi connectivity index (χ0v) is 10.1. The average Bonchev–Trinajstić information content (AvgIpc) is 2.39. The van der Waals surface area contributed by atoms with E-state index >= 15 is 0 Å². The van der Waals surface area contributed by atoms with E-state index in [1.807, 2.05) is 0 Å². The van der Waals surface area contributed by atoms with Gasteiger partial charge >= 0.3 is 5.97 Å². The fourth-order valence-corrected chi connectivity index (χ4v) is 1.71. The summed E-state index contributed by atoms with van der Waals surface area (Å²) in [5.74, 6) is 0.265. The summed E-state index contributed by atoms with van der Waals surface area (Å²) in [5, 5.41) is 0. The van der Waals surface area contributed by atoms with E-state index in [1.54, 1.807) is 0 Å². The van der Waals surface area contributed by atoms with Gasteiger partial charge in [-0.05, 0) is 7.05 Å². The third-order valence-electron chi connectivity index (χ3n) is 2.85. The number of hydrogen-bond donors (Lipinski definition) is 0. The first-order chi connectivity index (χ1) is 8.20. The molecule has 0 spiro atoms. The number of esters is 1. The highest BCUT2D eigenvalue weighted by molar-refractivity contribution is 5.88. The van der Waals surface area contributed by atoms with E-state index in [4.69, 9.17) is 0 Å². The Bertz CT molecular complexity index is 385. The van der Waals surface area contributed by atoms with Gasteiger partial charge in [-0.1, -0.05) is 0 Å². The molecular formula is C11H16N4O2. The largest absolute Gasteiger partial charge is 0.465 e. The van der Waals surface area contributed by atoms with Crippen LogP contribution in [0.25, 0.3) is 0 Å². The molecule has 0 radical (unpaired) electrons. The predicted octanol–water partition coefficient (Wildman–Crippen LogP) is 0.0150. The standard InChI is InChI=1S/C11H16N4O2/c1-14-3-5-15(6-4-14)11-12-7-9(8-13-11)10(16)17-2/h7-8H,3-6H2,1-2H3. The predicted molar refractivity (Wildman–Crippen MR) is 63.1 cm³/mol. The Labute approximate surface area is 100 Å². The molecule has 1 fully saturated rings. The molecule has 0 unspecified atom stereocenters. The van der Waals surface area contributed by atoms with Gasteiger partial charge in [-0.3, -0.25) is 0 Å². The van der Waals surface area contributed by atoms with Crippen LogP contribution >= 0.6 is 0 Å². The van der Waals surface area contributed by atoms with Crippen LogP contribution < -0.4 is 4.90 Å². The summed E-state index contributed by atoms with van der Waals surface area (Å²) in [6.07, 6.45) is 3.01. The van der Waals surface area contributed by atoms with E-state index in [9.17, 15) is 4.79 Å². The number of rotatable bonds is 2. The number of carbonyl (C=O) groups excluding carboxylic acids is 1. The number of ether oxygens (including phenoxy) is 1. The van der Waals surface area contributed by atoms with Crippen molar-refractivity contribution in [3.8, 4) is 0 Å². The Morgan fingerprint density at radius 2 is 1.82 bits per heavy atom. The monoisotopic (exact) mass is 236 g/mol. The third-order valence-corrected chi connectivity index (χ3v) is 2.85. The summed E-state index contributed by atoms with van der Waals surface area (Å²) in [7, 11) is 3.44. The Morgan fingerprint density at radius 3 is 2.35 bits per heavy atom. The van der Waals surface area contributed by atoms with Gasteiger partial charge in [0.2, 0.25) is 5.95 Å². The molecule has 1 aliphatic heterocycles. The van der Waals surface area contributed by atoms with Crippen LogP contribution in [-0.2, 0) is 4.74 Å². The SMILES string of the molecule is COC(=O)c1cnc(N2CCN(C)CC2)nc1. The second-order valence-corrected chi connectivity index (χ2v) is 4.05. The summed E-state index contributed by atoms with van der Waals surface area (Å²) in [5.41, 5.74) is 0.380. The summed E-state index contributed by atoms with van der Waals surface area (Å²) in [6, 6.07) is 0. The Balaban J connectivity index is 2.05. The van der Waals surface area contributed by atoms with Crippen molar-refractivity contribution in [1.29, 1.82) is 0 Å². The molecule has 0 N–H and O–H groups in total. The number of anilines is 1. The van der Waals surface area contributed by atoms with Gasteiger partial charge in [-0.25, -0.2) is 14.8 Å². The molecule has 0 saturated carbocycles. The fourth-order valence-electron chi connectivity index (χ4n) is 1.71. The van der Waals surface area contributed by atoms with Crippen LogP contribution in [0.15, 0.2) is 12.4 Å². The lowest BCUT2D eigenvalue weighted by Gasteiger charge is -2.32. The quantitative estimate of drug-likeness (QED) is 0.674. The average molecular weight is 236 g/mol. The number of likely N-dealkylation sites (N-methyl/N-ethyl adjacent to an activating group) is 1. The van der Waals surface area contributed by atoms with Crippen LogP contribution in [0.1, 0.15) is 10.4 Å². The van der Waals surface area contributed by atoms with Gasteiger partial charge in [0.1, 0.15) is 0 Å². The molecule has 2 heterocycles. The van der Waals surface area contributed by atoms with Crippen molar-refractivity contribution in [2.24, 2.45) is 0 Å². The van der Waals surface area contributed by atoms with Crippen molar-refractivity contribution in [3.05, 3.63) is 18.0 Å². The number of carbonyl (C=O) groups is 1. The number of piperazine rings is 1. The minimum Gasteiger partial charge on any atom is -0.465 e. The zero-order chi connectivity index (χ0) is 12.3. The van der Waals surface area contributed by atoms with Crippen molar-refractivity contribution >= 4 is 11.9 Å². The maximum Gasteiger partial charge on any atom is 0.341 e. The molecule has 17 heavy (non-hydrogen) atoms. The second-order valence-electron chi connectivity index (χ2n) is 4.05. The van der Waals surface area contributed by atoms with Gasteiger partial charge in [-0.2, -0.15) is 0 Å². The van der Waals surface area contributed by atoms with Gasteiger partial charge in [0, 0.05) is 38.6 Å². The van der Waals surface area contributed by atoms with Crippen molar-refractivity contribution in [2.45, 2.75) is 0 Å². The molecule has 0 atom stereocenters. The topological polar surface area (TPSA) is 58.6 Å². The first kappa shape index (κ1) is 11.8. The van der Waals surface area contributed by atoms with Crippen molar-refractivity contribution in [1.82, 2.24) is 14.9 Å². The number of nitrogens with zero attached hydrogens (tertiary/aromatic N) is 4. The minimum atomic E-state index is -0.407. The van der Waals surface area contributed by atoms with Crippen LogP contribution in [-0.4, -0.2) is 61.2 Å². The molecular weight excluding hydrogens is 220 g/mol. The molecule has 1 aromatic heterocycles. The van der Waals surface area contributed by atoms with Gasteiger partial charge in [0.25, 0.3) is 0 Å². The third kappa shape index (κ3) is 2.71. The van der Waals surface area contributed by atoms with Crippen LogP contribution in [0.5, 0.6) is 0 Å². The Hall–Kier alpha value is -1.69. The van der Waals surface area contributed by atoms with Crippen molar-refractivity contribution in [2.75, 3.05) is 45.2 Å². The van der Waals surface area contributed by atoms with Crippen LogP contribution in [0.4, 0.5) is 5.95 Å². The lowest BCUT2D eigenvalue weighted by atomic mass is 10.3. The first-order valence-corrected chi connectivity index (χ1v) is 5.54. The molecule has 0 aromatic carbocycles. The molecule has 92 valence electrons. The lowest BCUT2D eigenvalue weighted by molar-refractivity contribution is 0.0600. The highest BCUT2D eigenvalue weighted by Gasteiger charge is 2.16. The highest BCUT2D eigenvalue weighted by Crippen LogP contribution is 2.10. The smallest absolute Gasteiger partial charge is 0.341 e. The van der Waals surface area contributed by atoms with Crippen molar-refractivity contribution < 1.29 is 9.53 Å². The molecule has 0 aliphatic carbocycles. The van der Waals surface area contributed by atoms with E-state index in [0.717, 1.165) is 26.2 Å². The summed E-state index contributed by atoms with van der Waals surface area (Å²) in [6.45, 7) is 3.83. The summed E-state index contributed by atoms with van der Waals surface area (Å²) >= 11 is 0. The molecule has 2 rings (SSSR count). The molecule has 0 amide bonds. The normalized spacial score (nSPS) is 16.9. The van der Waals surface area contributed by atoms with Gasteiger partial charge in [0.15, 0.2) is 0 Å². The van der Waals surface area contributed by atoms with Crippen LogP contribution in [0.2, 0.25) is 0 Å². The molecule has 0 bridgehead atoms. The van der Waals surface area contributed by atoms with Gasteiger partial charge in [-0.15, -0.1) is 0 Å². The number of aromatic nitrogens is 2. The van der Waals surface area contributed by atoms with Crippen LogP contribution in [0, 0.1) is 0 Å². The second kappa shape index (κ2) is 5.09. The number of hydrogen-bond acceptors (Lipinski definition) is 6. The molecule has 6 nitrogen and oxygen atoms in total. The van der Waals surface area contributed by atoms with E-state index in [0.29, 0.717) is 11.5 Å². The maximum atomic E-state index is 11.2. The van der Waals surface area contributed by atoms with E-state index in [2.05, 4.69) is 31.6 Å². The molecule has 1 saturated heterocycles. The Kier molecular flexibility index (Phi) is 3.53. The van der Waals surface area contributed by atoms with Crippen molar-refractivity contribution in [3.63, 3.8) is 0 Å². The lowest BCUT2D eigenvalue weighted by Crippen LogP contribution is -2.45. The van der Waals surface area contributed by atoms with E-state index in [-0.39, 0.29) is 0 Å². The van der Waals surface area contributed by atoms with E-state index in [1.165, 1.54) is 19.5 Å². The molecule has 1 aromatic rings. The van der Waals surface area contributed by atoms with Gasteiger partial charge in [0.05, 0.1) is 12.7 Å². The van der Waals surface area contributed by atoms with E-state index < -0.39 is 5.97 Å². The summed E-state index contributed by atoms with van der Waals surface area (Å²) in [4.78, 5) is 24.0. The first-order valence-electron chi connectivity index (χ1n) is 5.54. The van der Waals surface area contributed by atoms with Gasteiger partial charge < -0.3 is 14.5 Å². The Morgan fingerprint density at radius 1 is 1.24 bits per heavy atom. The summed E-state index contributed by atoms with van der Waals surface area (Å²) < 4.78 is 4.60. The number of methoxy groups -OCH3 is 1. The molecule has 1 aliphatic rings. The minimum absolute atomic E-state index is 0.380. The zero-order valence-electron chi connectivity index (χ0n) is 10.1.